The molecule has 0 unspecified atom stereocenters. The maximum Gasteiger partial charge on any atom is 0.250 e. The van der Waals surface area contributed by atoms with E-state index in [2.05, 4.69) is 5.32 Å². The third-order valence-electron chi connectivity index (χ3n) is 3.40. The first-order valence-electron chi connectivity index (χ1n) is 5.91. The molecule has 6 nitrogen and oxygen atoms in total. The van der Waals surface area contributed by atoms with E-state index in [9.17, 15) is 18.5 Å². The van der Waals surface area contributed by atoms with Gasteiger partial charge in [-0.1, -0.05) is 17.7 Å². The second-order valence-electron chi connectivity index (χ2n) is 5.26. The van der Waals surface area contributed by atoms with Crippen LogP contribution in [0.4, 0.5) is 5.69 Å². The van der Waals surface area contributed by atoms with Gasteiger partial charge in [0.2, 0.25) is 6.04 Å². The van der Waals surface area contributed by atoms with Crippen molar-refractivity contribution in [3.05, 3.63) is 39.9 Å². The van der Waals surface area contributed by atoms with Gasteiger partial charge in [-0.05, 0) is 26.0 Å². The van der Waals surface area contributed by atoms with E-state index in [1.807, 2.05) is 19.1 Å². The van der Waals surface area contributed by atoms with E-state index in [0.29, 0.717) is 5.69 Å². The molecule has 19 heavy (non-hydrogen) atoms. The monoisotopic (exact) mass is 284 g/mol. The summed E-state index contributed by atoms with van der Waals surface area (Å²) in [7, 11) is -3.38. The fourth-order valence-electron chi connectivity index (χ4n) is 2.42. The van der Waals surface area contributed by atoms with Crippen molar-refractivity contribution >= 4 is 15.5 Å². The Morgan fingerprint density at radius 3 is 2.47 bits per heavy atom. The summed E-state index contributed by atoms with van der Waals surface area (Å²) >= 11 is 0. The van der Waals surface area contributed by atoms with Crippen molar-refractivity contribution in [2.75, 3.05) is 16.8 Å². The van der Waals surface area contributed by atoms with Crippen molar-refractivity contribution in [2.24, 2.45) is 0 Å². The van der Waals surface area contributed by atoms with Crippen LogP contribution in [0.15, 0.2) is 24.3 Å². The molecule has 0 amide bonds. The number of rotatable bonds is 3. The predicted octanol–water partition coefficient (Wildman–Crippen LogP) is 1.24. The second kappa shape index (κ2) is 4.48. The third-order valence-corrected chi connectivity index (χ3v) is 5.27. The normalized spacial score (nSPS) is 29.1. The number of hydrogen-bond acceptors (Lipinski definition) is 5. The summed E-state index contributed by atoms with van der Waals surface area (Å²) in [6, 6.07) is 6.20. The van der Waals surface area contributed by atoms with E-state index in [1.54, 1.807) is 19.1 Å². The Morgan fingerprint density at radius 2 is 1.95 bits per heavy atom. The van der Waals surface area contributed by atoms with Gasteiger partial charge < -0.3 is 5.32 Å². The molecule has 1 aromatic carbocycles. The summed E-state index contributed by atoms with van der Waals surface area (Å²) in [5.74, 6) is -0.630. The number of nitrogens with one attached hydrogen (secondary N) is 1. The quantitative estimate of drug-likeness (QED) is 0.666. The summed E-state index contributed by atoms with van der Waals surface area (Å²) in [5.41, 5.74) is 0.690. The van der Waals surface area contributed by atoms with Crippen molar-refractivity contribution in [1.82, 2.24) is 0 Å². The van der Waals surface area contributed by atoms with E-state index in [4.69, 9.17) is 0 Å². The summed E-state index contributed by atoms with van der Waals surface area (Å²) in [6.07, 6.45) is 0. The Morgan fingerprint density at radius 1 is 1.37 bits per heavy atom. The lowest BCUT2D eigenvalue weighted by Gasteiger charge is -2.27. The molecule has 0 spiro atoms. The summed E-state index contributed by atoms with van der Waals surface area (Å²) in [4.78, 5) is 10.5. The highest BCUT2D eigenvalue weighted by Crippen LogP contribution is 2.29. The number of hydrogen-bond donors (Lipinski definition) is 1. The van der Waals surface area contributed by atoms with Gasteiger partial charge in [-0.25, -0.2) is 8.42 Å². The Balaban J connectivity index is 2.30. The molecule has 7 heteroatoms. The van der Waals surface area contributed by atoms with Gasteiger partial charge in [0.05, 0.1) is 5.75 Å². The summed E-state index contributed by atoms with van der Waals surface area (Å²) in [5, 5.41) is 14.1. The highest BCUT2D eigenvalue weighted by atomic mass is 32.2. The van der Waals surface area contributed by atoms with Crippen LogP contribution in [0.25, 0.3) is 0 Å². The lowest BCUT2D eigenvalue weighted by Crippen LogP contribution is -2.49. The minimum Gasteiger partial charge on any atom is -0.373 e. The van der Waals surface area contributed by atoms with Gasteiger partial charge in [-0.2, -0.15) is 0 Å². The zero-order chi connectivity index (χ0) is 14.3. The van der Waals surface area contributed by atoms with Crippen molar-refractivity contribution in [2.45, 2.75) is 25.4 Å². The number of nitrogens with zero attached hydrogens (tertiary/aromatic N) is 1. The largest absolute Gasteiger partial charge is 0.373 e. The molecule has 0 radical (unpaired) electrons. The molecule has 1 aliphatic rings. The number of benzene rings is 1. The molecule has 1 heterocycles. The smallest absolute Gasteiger partial charge is 0.250 e. The van der Waals surface area contributed by atoms with Gasteiger partial charge in [0, 0.05) is 10.6 Å². The highest BCUT2D eigenvalue weighted by Gasteiger charge is 2.54. The number of nitro groups is 1. The standard InChI is InChI=1S/C12H16N2O4S/c1-9-3-5-10(6-4-9)13-12(2)8-19(17,18)7-11(12)14(15)16/h3-6,11,13H,7-8H2,1-2H3/t11-,12+/m1/s1. The minimum atomic E-state index is -3.38. The van der Waals surface area contributed by atoms with Crippen LogP contribution in [0, 0.1) is 17.0 Å². The first-order valence-corrected chi connectivity index (χ1v) is 7.73. The molecule has 1 N–H and O–H groups in total. The van der Waals surface area contributed by atoms with Crippen LogP contribution in [0.3, 0.4) is 0 Å². The molecule has 2 rings (SSSR count). The predicted molar refractivity (Wildman–Crippen MR) is 72.6 cm³/mol. The molecule has 2 atom stereocenters. The van der Waals surface area contributed by atoms with Gasteiger partial charge in [-0.15, -0.1) is 0 Å². The fraction of sp³-hybridized carbons (Fsp3) is 0.500. The van der Waals surface area contributed by atoms with Crippen LogP contribution in [-0.4, -0.2) is 36.4 Å². The SMILES string of the molecule is Cc1ccc(N[C@@]2(C)CS(=O)(=O)C[C@H]2[N+](=O)[O-])cc1. The van der Waals surface area contributed by atoms with Crippen molar-refractivity contribution in [3.63, 3.8) is 0 Å². The molecule has 1 aliphatic heterocycles. The average molecular weight is 284 g/mol. The van der Waals surface area contributed by atoms with Gasteiger partial charge >= 0.3 is 0 Å². The Kier molecular flexibility index (Phi) is 3.25. The molecule has 1 saturated heterocycles. The topological polar surface area (TPSA) is 89.3 Å². The summed E-state index contributed by atoms with van der Waals surface area (Å²) < 4.78 is 23.3. The van der Waals surface area contributed by atoms with Crippen molar-refractivity contribution < 1.29 is 13.3 Å². The van der Waals surface area contributed by atoms with Crippen molar-refractivity contribution in [1.29, 1.82) is 0 Å². The van der Waals surface area contributed by atoms with Crippen LogP contribution in [0.1, 0.15) is 12.5 Å². The molecule has 0 bridgehead atoms. The van der Waals surface area contributed by atoms with E-state index < -0.39 is 32.1 Å². The lowest BCUT2D eigenvalue weighted by atomic mass is 9.96. The van der Waals surface area contributed by atoms with E-state index >= 15 is 0 Å². The molecule has 0 aliphatic carbocycles. The molecule has 0 aromatic heterocycles. The van der Waals surface area contributed by atoms with Crippen LogP contribution < -0.4 is 5.32 Å². The molecular weight excluding hydrogens is 268 g/mol. The van der Waals surface area contributed by atoms with Crippen LogP contribution in [0.5, 0.6) is 0 Å². The molecular formula is C12H16N2O4S. The molecule has 104 valence electrons. The van der Waals surface area contributed by atoms with Gasteiger partial charge in [0.25, 0.3) is 0 Å². The number of sulfone groups is 1. The maximum absolute atomic E-state index is 11.7. The van der Waals surface area contributed by atoms with Gasteiger partial charge in [0.15, 0.2) is 9.84 Å². The van der Waals surface area contributed by atoms with Crippen LogP contribution in [0.2, 0.25) is 0 Å². The van der Waals surface area contributed by atoms with Gasteiger partial charge in [0.1, 0.15) is 11.3 Å². The third kappa shape index (κ3) is 2.86. The van der Waals surface area contributed by atoms with Gasteiger partial charge in [-0.3, -0.25) is 10.1 Å². The minimum absolute atomic E-state index is 0.223. The first-order chi connectivity index (χ1) is 8.72. The van der Waals surface area contributed by atoms with Crippen LogP contribution in [-0.2, 0) is 9.84 Å². The Bertz CT molecular complexity index is 597. The highest BCUT2D eigenvalue weighted by molar-refractivity contribution is 7.91. The average Bonchev–Trinajstić information content (AvgIpc) is 2.52. The Labute approximate surface area is 111 Å². The first kappa shape index (κ1) is 13.8. The summed E-state index contributed by atoms with van der Waals surface area (Å²) in [6.45, 7) is 3.52. The van der Waals surface area contributed by atoms with E-state index in [-0.39, 0.29) is 5.75 Å². The Hall–Kier alpha value is -1.63. The molecule has 1 fully saturated rings. The maximum atomic E-state index is 11.7. The van der Waals surface area contributed by atoms with E-state index in [1.165, 1.54) is 0 Å². The van der Waals surface area contributed by atoms with Crippen molar-refractivity contribution in [3.8, 4) is 0 Å². The second-order valence-corrected chi connectivity index (χ2v) is 7.37. The molecule has 1 aromatic rings. The zero-order valence-electron chi connectivity index (χ0n) is 10.8. The number of aryl methyl sites for hydroxylation is 1. The van der Waals surface area contributed by atoms with Crippen LogP contribution >= 0.6 is 0 Å². The fourth-order valence-corrected chi connectivity index (χ4v) is 4.68. The van der Waals surface area contributed by atoms with E-state index in [0.717, 1.165) is 5.56 Å². The zero-order valence-corrected chi connectivity index (χ0v) is 11.6. The lowest BCUT2D eigenvalue weighted by molar-refractivity contribution is -0.523. The molecule has 0 saturated carbocycles. The number of anilines is 1.